The van der Waals surface area contributed by atoms with Crippen LogP contribution in [0.3, 0.4) is 0 Å². The molecule has 1 fully saturated rings. The first-order valence-electron chi connectivity index (χ1n) is 14.1. The van der Waals surface area contributed by atoms with Crippen molar-refractivity contribution in [2.45, 2.75) is 46.0 Å². The second-order valence-corrected chi connectivity index (χ2v) is 10.2. The number of piperidine rings is 1. The van der Waals surface area contributed by atoms with Gasteiger partial charge < -0.3 is 9.88 Å². The Kier molecular flexibility index (Phi) is 8.55. The Morgan fingerprint density at radius 1 is 1.02 bits per heavy atom. The molecular formula is C34H38N6. The van der Waals surface area contributed by atoms with Gasteiger partial charge in [0.1, 0.15) is 11.2 Å². The number of allylic oxidation sites excluding steroid dienone is 7. The number of aryl methyl sites for hydroxylation is 2. The predicted molar refractivity (Wildman–Crippen MR) is 166 cm³/mol. The number of aromatic amines is 2. The van der Waals surface area contributed by atoms with Crippen molar-refractivity contribution in [3.63, 3.8) is 0 Å². The molecule has 5 rings (SSSR count). The van der Waals surface area contributed by atoms with Crippen molar-refractivity contribution >= 4 is 22.3 Å². The highest BCUT2D eigenvalue weighted by atomic mass is 15.2. The van der Waals surface area contributed by atoms with Gasteiger partial charge in [-0.2, -0.15) is 5.10 Å². The molecule has 0 spiro atoms. The van der Waals surface area contributed by atoms with Crippen LogP contribution in [0.1, 0.15) is 55.3 Å². The third-order valence-electron chi connectivity index (χ3n) is 7.49. The van der Waals surface area contributed by atoms with Crippen molar-refractivity contribution in [1.82, 2.24) is 30.0 Å². The van der Waals surface area contributed by atoms with Gasteiger partial charge in [0.2, 0.25) is 0 Å². The molecule has 1 aromatic carbocycles. The third-order valence-corrected chi connectivity index (χ3v) is 7.49. The molecule has 0 bridgehead atoms. The van der Waals surface area contributed by atoms with E-state index in [2.05, 4.69) is 82.7 Å². The van der Waals surface area contributed by atoms with Crippen molar-refractivity contribution in [2.75, 3.05) is 13.1 Å². The highest BCUT2D eigenvalue weighted by Gasteiger charge is 2.22. The van der Waals surface area contributed by atoms with Crippen LogP contribution in [0.15, 0.2) is 91.6 Å². The topological polar surface area (TPSA) is 73.5 Å². The molecule has 1 saturated heterocycles. The van der Waals surface area contributed by atoms with Crippen LogP contribution in [0.5, 0.6) is 0 Å². The molecule has 0 unspecified atom stereocenters. The second kappa shape index (κ2) is 12.6. The average Bonchev–Trinajstić information content (AvgIpc) is 3.59. The molecule has 6 nitrogen and oxygen atoms in total. The fraction of sp³-hybridized carbons (Fsp3) is 0.265. The van der Waals surface area contributed by atoms with Gasteiger partial charge in [-0.25, -0.2) is 9.97 Å². The fourth-order valence-corrected chi connectivity index (χ4v) is 5.30. The zero-order chi connectivity index (χ0) is 27.9. The summed E-state index contributed by atoms with van der Waals surface area (Å²) in [5.74, 6) is 0.711. The zero-order valence-electron chi connectivity index (χ0n) is 23.6. The van der Waals surface area contributed by atoms with E-state index >= 15 is 0 Å². The number of imidazole rings is 1. The third kappa shape index (κ3) is 5.91. The lowest BCUT2D eigenvalue weighted by Crippen LogP contribution is -2.28. The van der Waals surface area contributed by atoms with Gasteiger partial charge in [-0.15, -0.1) is 0 Å². The Balaban J connectivity index is 1.45. The van der Waals surface area contributed by atoms with Gasteiger partial charge in [-0.1, -0.05) is 61.7 Å². The van der Waals surface area contributed by atoms with Crippen LogP contribution in [0.2, 0.25) is 0 Å². The van der Waals surface area contributed by atoms with E-state index in [9.17, 15) is 0 Å². The predicted octanol–water partition coefficient (Wildman–Crippen LogP) is 7.82. The fourth-order valence-electron chi connectivity index (χ4n) is 5.30. The number of rotatable bonds is 10. The quantitative estimate of drug-likeness (QED) is 0.205. The minimum atomic E-state index is 0.711. The van der Waals surface area contributed by atoms with E-state index in [1.807, 2.05) is 37.3 Å². The molecule has 40 heavy (non-hydrogen) atoms. The summed E-state index contributed by atoms with van der Waals surface area (Å²) >= 11 is 0. The number of benzene rings is 1. The maximum atomic E-state index is 5.06. The van der Waals surface area contributed by atoms with Gasteiger partial charge in [0.15, 0.2) is 11.5 Å². The van der Waals surface area contributed by atoms with E-state index in [-0.39, 0.29) is 0 Å². The van der Waals surface area contributed by atoms with Crippen LogP contribution in [0.25, 0.3) is 33.8 Å². The number of H-pyrrole nitrogens is 2. The maximum Gasteiger partial charge on any atom is 0.161 e. The van der Waals surface area contributed by atoms with E-state index in [4.69, 9.17) is 9.97 Å². The largest absolute Gasteiger partial charge is 0.370 e. The lowest BCUT2D eigenvalue weighted by molar-refractivity contribution is 0.325. The lowest BCUT2D eigenvalue weighted by Gasteiger charge is -2.30. The van der Waals surface area contributed by atoms with Crippen LogP contribution in [0.4, 0.5) is 0 Å². The summed E-state index contributed by atoms with van der Waals surface area (Å²) in [5, 5.41) is 7.76. The molecular weight excluding hydrogens is 492 g/mol. The molecule has 0 aliphatic carbocycles. The van der Waals surface area contributed by atoms with Crippen molar-refractivity contribution < 1.29 is 0 Å². The van der Waals surface area contributed by atoms with Crippen LogP contribution >= 0.6 is 0 Å². The van der Waals surface area contributed by atoms with Gasteiger partial charge in [-0.3, -0.25) is 5.10 Å². The van der Waals surface area contributed by atoms with Crippen molar-refractivity contribution in [3.05, 3.63) is 114 Å². The number of fused-ring (bicyclic) bond motifs is 1. The Hall–Kier alpha value is -4.45. The molecule has 0 saturated carbocycles. The van der Waals surface area contributed by atoms with Crippen LogP contribution in [-0.2, 0) is 6.42 Å². The van der Waals surface area contributed by atoms with Crippen molar-refractivity contribution in [1.29, 1.82) is 0 Å². The highest BCUT2D eigenvalue weighted by Crippen LogP contribution is 2.30. The molecule has 3 aromatic heterocycles. The smallest absolute Gasteiger partial charge is 0.161 e. The summed E-state index contributed by atoms with van der Waals surface area (Å²) in [6.07, 6.45) is 15.7. The Morgan fingerprint density at radius 3 is 2.55 bits per heavy atom. The minimum absolute atomic E-state index is 0.711. The van der Waals surface area contributed by atoms with Gasteiger partial charge >= 0.3 is 0 Å². The van der Waals surface area contributed by atoms with Crippen LogP contribution in [0, 0.1) is 6.92 Å². The van der Waals surface area contributed by atoms with E-state index in [0.717, 1.165) is 71.0 Å². The molecule has 204 valence electrons. The Morgan fingerprint density at radius 2 is 1.82 bits per heavy atom. The molecule has 1 aliphatic heterocycles. The van der Waals surface area contributed by atoms with E-state index in [1.165, 1.54) is 30.4 Å². The molecule has 0 atom stereocenters. The monoisotopic (exact) mass is 530 g/mol. The second-order valence-electron chi connectivity index (χ2n) is 10.2. The molecule has 6 heteroatoms. The van der Waals surface area contributed by atoms with Crippen molar-refractivity contribution in [2.24, 2.45) is 0 Å². The normalized spacial score (nSPS) is 15.1. The standard InChI is InChI=1S/C34H38N6/c1-5-14-30(40-21-12-9-13-22-40)31-24(4)35-34(37-31)33-32-29(38-39-33)20-19-28(36-32)27(7-3)23-25(6-2)17-18-26-15-10-8-11-16-26/h5-8,10-11,14-16,19-20,23H,1-2,9,12-13,17-18,21-22H2,3-4H3,(H,35,37)(H,38,39)/b25-23+,27-7+,30-14+. The number of hydrogen-bond acceptors (Lipinski definition) is 4. The number of hydrogen-bond donors (Lipinski definition) is 2. The van der Waals surface area contributed by atoms with Crippen molar-refractivity contribution in [3.8, 4) is 11.5 Å². The summed E-state index contributed by atoms with van der Waals surface area (Å²) in [6, 6.07) is 14.6. The molecule has 2 N–H and O–H groups in total. The Bertz CT molecular complexity index is 1580. The van der Waals surface area contributed by atoms with E-state index in [1.54, 1.807) is 0 Å². The van der Waals surface area contributed by atoms with E-state index in [0.29, 0.717) is 5.82 Å². The molecule has 0 amide bonds. The van der Waals surface area contributed by atoms with E-state index < -0.39 is 0 Å². The lowest BCUT2D eigenvalue weighted by atomic mass is 10.0. The summed E-state index contributed by atoms with van der Waals surface area (Å²) in [7, 11) is 0. The van der Waals surface area contributed by atoms with Gasteiger partial charge in [-0.05, 0) is 86.9 Å². The first-order chi connectivity index (χ1) is 19.6. The number of pyridine rings is 1. The zero-order valence-corrected chi connectivity index (χ0v) is 23.6. The number of likely N-dealkylation sites (tertiary alicyclic amines) is 1. The number of nitrogens with zero attached hydrogens (tertiary/aromatic N) is 4. The first kappa shape index (κ1) is 27.1. The van der Waals surface area contributed by atoms with Crippen LogP contribution < -0.4 is 0 Å². The molecule has 0 radical (unpaired) electrons. The molecule has 4 aromatic rings. The summed E-state index contributed by atoms with van der Waals surface area (Å²) in [5.41, 5.74) is 9.88. The maximum absolute atomic E-state index is 5.06. The first-order valence-corrected chi connectivity index (χ1v) is 14.1. The Labute approximate surface area is 237 Å². The molecule has 4 heterocycles. The summed E-state index contributed by atoms with van der Waals surface area (Å²) in [4.78, 5) is 16.0. The summed E-state index contributed by atoms with van der Waals surface area (Å²) < 4.78 is 0. The molecule has 1 aliphatic rings. The number of nitrogens with one attached hydrogen (secondary N) is 2. The number of aromatic nitrogens is 5. The minimum Gasteiger partial charge on any atom is -0.370 e. The highest BCUT2D eigenvalue weighted by molar-refractivity contribution is 5.90. The van der Waals surface area contributed by atoms with Crippen LogP contribution in [-0.4, -0.2) is 43.1 Å². The van der Waals surface area contributed by atoms with Gasteiger partial charge in [0.25, 0.3) is 0 Å². The SMILES string of the molecule is C=C/C=C(\c1nc(-c2n[nH]c3ccc(C(/C=C(\C=C)CCc4ccccc4)=C/C)nc23)[nH]c1C)N1CCCCC1. The van der Waals surface area contributed by atoms with Gasteiger partial charge in [0, 0.05) is 18.8 Å². The average molecular weight is 531 g/mol. The van der Waals surface area contributed by atoms with Gasteiger partial charge in [0.05, 0.1) is 16.9 Å². The summed E-state index contributed by atoms with van der Waals surface area (Å²) in [6.45, 7) is 14.2.